The van der Waals surface area contributed by atoms with Crippen LogP contribution >= 0.6 is 0 Å². The third kappa shape index (κ3) is 3.39. The molecule has 5 nitrogen and oxygen atoms in total. The van der Waals surface area contributed by atoms with E-state index in [1.165, 1.54) is 5.56 Å². The number of nitrogens with zero attached hydrogens (tertiary/aromatic N) is 2. The zero-order chi connectivity index (χ0) is 16.4. The van der Waals surface area contributed by atoms with Gasteiger partial charge in [-0.05, 0) is 37.3 Å². The van der Waals surface area contributed by atoms with E-state index in [2.05, 4.69) is 6.07 Å². The van der Waals surface area contributed by atoms with Crippen LogP contribution in [0.3, 0.4) is 0 Å². The van der Waals surface area contributed by atoms with E-state index in [-0.39, 0.29) is 17.9 Å². The molecule has 2 amide bonds. The molecule has 1 aliphatic heterocycles. The molecule has 124 valence electrons. The maximum Gasteiger partial charge on any atom is 0.227 e. The molecule has 0 atom stereocenters. The summed E-state index contributed by atoms with van der Waals surface area (Å²) in [5, 5.41) is 0. The Hall–Kier alpha value is -1.88. The molecule has 23 heavy (non-hydrogen) atoms. The lowest BCUT2D eigenvalue weighted by Gasteiger charge is -2.39. The molecule has 0 radical (unpaired) electrons. The summed E-state index contributed by atoms with van der Waals surface area (Å²) in [4.78, 5) is 28.1. The highest BCUT2D eigenvalue weighted by atomic mass is 16.2. The van der Waals surface area contributed by atoms with Crippen LogP contribution in [0.1, 0.15) is 37.7 Å². The molecule has 1 saturated carbocycles. The minimum atomic E-state index is 0.152. The van der Waals surface area contributed by atoms with Crippen molar-refractivity contribution in [1.29, 1.82) is 0 Å². The summed E-state index contributed by atoms with van der Waals surface area (Å²) in [7, 11) is 1.86. The average molecular weight is 315 g/mol. The summed E-state index contributed by atoms with van der Waals surface area (Å²) in [5.41, 5.74) is 8.01. The van der Waals surface area contributed by atoms with Crippen LogP contribution in [0.15, 0.2) is 24.3 Å². The fraction of sp³-hybridized carbons (Fsp3) is 0.556. The summed E-state index contributed by atoms with van der Waals surface area (Å²) in [6, 6.07) is 8.59. The van der Waals surface area contributed by atoms with Crippen molar-refractivity contribution in [3.63, 3.8) is 0 Å². The highest BCUT2D eigenvalue weighted by Gasteiger charge is 2.31. The van der Waals surface area contributed by atoms with Gasteiger partial charge in [0.25, 0.3) is 0 Å². The van der Waals surface area contributed by atoms with Crippen LogP contribution in [-0.4, -0.2) is 42.4 Å². The summed E-state index contributed by atoms with van der Waals surface area (Å²) >= 11 is 0. The quantitative estimate of drug-likeness (QED) is 0.899. The van der Waals surface area contributed by atoms with Crippen LogP contribution in [0.25, 0.3) is 0 Å². The van der Waals surface area contributed by atoms with Crippen molar-refractivity contribution in [2.24, 2.45) is 5.73 Å². The standard InChI is InChI=1S/C18H25N3O2/c1-20(15-11-14(19)12-15)17(22)7-4-10-21-16-6-3-2-5-13(16)8-9-18(21)23/h2-3,5-6,14-15H,4,7-12,19H2,1H3. The molecule has 1 fully saturated rings. The van der Waals surface area contributed by atoms with Gasteiger partial charge in [-0.25, -0.2) is 0 Å². The Morgan fingerprint density at radius 1 is 1.30 bits per heavy atom. The second-order valence-corrected chi connectivity index (χ2v) is 6.67. The molecule has 0 unspecified atom stereocenters. The Morgan fingerprint density at radius 2 is 2.04 bits per heavy atom. The van der Waals surface area contributed by atoms with Gasteiger partial charge in [0.2, 0.25) is 11.8 Å². The number of fused-ring (bicyclic) bond motifs is 1. The molecular formula is C18H25N3O2. The van der Waals surface area contributed by atoms with Gasteiger partial charge >= 0.3 is 0 Å². The van der Waals surface area contributed by atoms with Crippen molar-refractivity contribution in [2.45, 2.75) is 50.6 Å². The maximum absolute atomic E-state index is 12.2. The molecule has 1 aromatic rings. The van der Waals surface area contributed by atoms with E-state index in [0.29, 0.717) is 31.8 Å². The van der Waals surface area contributed by atoms with Crippen LogP contribution in [0.5, 0.6) is 0 Å². The number of benzene rings is 1. The lowest BCUT2D eigenvalue weighted by Crippen LogP contribution is -2.51. The van der Waals surface area contributed by atoms with Crippen LogP contribution in [0.4, 0.5) is 5.69 Å². The minimum absolute atomic E-state index is 0.152. The van der Waals surface area contributed by atoms with E-state index in [1.807, 2.05) is 35.0 Å². The highest BCUT2D eigenvalue weighted by molar-refractivity contribution is 5.96. The normalized spacial score (nSPS) is 23.2. The monoisotopic (exact) mass is 315 g/mol. The first-order chi connectivity index (χ1) is 11.1. The van der Waals surface area contributed by atoms with Crippen LogP contribution in [-0.2, 0) is 16.0 Å². The van der Waals surface area contributed by atoms with Crippen molar-refractivity contribution in [2.75, 3.05) is 18.5 Å². The molecule has 1 aromatic carbocycles. The zero-order valence-corrected chi connectivity index (χ0v) is 13.7. The van der Waals surface area contributed by atoms with Gasteiger partial charge in [0, 0.05) is 44.2 Å². The lowest BCUT2D eigenvalue weighted by atomic mass is 9.86. The van der Waals surface area contributed by atoms with Crippen LogP contribution < -0.4 is 10.6 Å². The van der Waals surface area contributed by atoms with E-state index >= 15 is 0 Å². The SMILES string of the molecule is CN(C(=O)CCCN1C(=O)CCc2ccccc21)C1CC(N)C1. The van der Waals surface area contributed by atoms with Crippen molar-refractivity contribution in [3.8, 4) is 0 Å². The van der Waals surface area contributed by atoms with Gasteiger partial charge < -0.3 is 15.5 Å². The number of nitrogens with two attached hydrogens (primary N) is 1. The highest BCUT2D eigenvalue weighted by Crippen LogP contribution is 2.28. The molecule has 0 aromatic heterocycles. The number of hydrogen-bond acceptors (Lipinski definition) is 3. The molecule has 1 heterocycles. The van der Waals surface area contributed by atoms with E-state index in [0.717, 1.165) is 24.9 Å². The number of anilines is 1. The number of aryl methyl sites for hydroxylation is 1. The first-order valence-corrected chi connectivity index (χ1v) is 8.46. The van der Waals surface area contributed by atoms with E-state index in [9.17, 15) is 9.59 Å². The molecular weight excluding hydrogens is 290 g/mol. The van der Waals surface area contributed by atoms with E-state index in [4.69, 9.17) is 5.73 Å². The Kier molecular flexibility index (Phi) is 4.66. The molecule has 1 aliphatic carbocycles. The average Bonchev–Trinajstić information content (AvgIpc) is 2.53. The van der Waals surface area contributed by atoms with Gasteiger partial charge in [0.15, 0.2) is 0 Å². The third-order valence-electron chi connectivity index (χ3n) is 5.05. The largest absolute Gasteiger partial charge is 0.343 e. The van der Waals surface area contributed by atoms with Crippen LogP contribution in [0, 0.1) is 0 Å². The van der Waals surface area contributed by atoms with Crippen molar-refractivity contribution in [3.05, 3.63) is 29.8 Å². The molecule has 0 bridgehead atoms. The maximum atomic E-state index is 12.2. The number of amides is 2. The topological polar surface area (TPSA) is 66.6 Å². The third-order valence-corrected chi connectivity index (χ3v) is 5.05. The number of para-hydroxylation sites is 1. The fourth-order valence-corrected chi connectivity index (χ4v) is 3.46. The fourth-order valence-electron chi connectivity index (χ4n) is 3.46. The predicted molar refractivity (Wildman–Crippen MR) is 90.1 cm³/mol. The second kappa shape index (κ2) is 6.71. The Labute approximate surface area is 137 Å². The first-order valence-electron chi connectivity index (χ1n) is 8.46. The molecule has 0 spiro atoms. The Bertz CT molecular complexity index is 596. The molecule has 0 saturated heterocycles. The Balaban J connectivity index is 1.52. The van der Waals surface area contributed by atoms with Crippen molar-refractivity contribution in [1.82, 2.24) is 4.90 Å². The number of carbonyl (C=O) groups is 2. The van der Waals surface area contributed by atoms with Crippen molar-refractivity contribution >= 4 is 17.5 Å². The first kappa shape index (κ1) is 16.0. The van der Waals surface area contributed by atoms with Gasteiger partial charge in [-0.2, -0.15) is 0 Å². The molecule has 5 heteroatoms. The minimum Gasteiger partial charge on any atom is -0.343 e. The van der Waals surface area contributed by atoms with Gasteiger partial charge in [-0.15, -0.1) is 0 Å². The van der Waals surface area contributed by atoms with E-state index in [1.54, 1.807) is 0 Å². The van der Waals surface area contributed by atoms with Gasteiger partial charge in [-0.1, -0.05) is 18.2 Å². The van der Waals surface area contributed by atoms with Gasteiger partial charge in [0.05, 0.1) is 0 Å². The van der Waals surface area contributed by atoms with Crippen molar-refractivity contribution < 1.29 is 9.59 Å². The van der Waals surface area contributed by atoms with Gasteiger partial charge in [0.1, 0.15) is 0 Å². The number of carbonyl (C=O) groups excluding carboxylic acids is 2. The summed E-state index contributed by atoms with van der Waals surface area (Å²) in [6.07, 6.45) is 4.36. The predicted octanol–water partition coefficient (Wildman–Crippen LogP) is 1.69. The Morgan fingerprint density at radius 3 is 2.78 bits per heavy atom. The molecule has 2 N–H and O–H groups in total. The second-order valence-electron chi connectivity index (χ2n) is 6.67. The summed E-state index contributed by atoms with van der Waals surface area (Å²) < 4.78 is 0. The zero-order valence-electron chi connectivity index (χ0n) is 13.7. The lowest BCUT2D eigenvalue weighted by molar-refractivity contribution is -0.133. The molecule has 3 rings (SSSR count). The summed E-state index contributed by atoms with van der Waals surface area (Å²) in [6.45, 7) is 0.611. The number of rotatable bonds is 5. The van der Waals surface area contributed by atoms with E-state index < -0.39 is 0 Å². The van der Waals surface area contributed by atoms with Crippen LogP contribution in [0.2, 0.25) is 0 Å². The number of hydrogen-bond donors (Lipinski definition) is 1. The molecule has 2 aliphatic rings. The smallest absolute Gasteiger partial charge is 0.227 e. The van der Waals surface area contributed by atoms with Gasteiger partial charge in [-0.3, -0.25) is 9.59 Å². The summed E-state index contributed by atoms with van der Waals surface area (Å²) in [5.74, 6) is 0.314.